The smallest absolute Gasteiger partial charge is 0.333 e. The quantitative estimate of drug-likeness (QED) is 0.261. The van der Waals surface area contributed by atoms with E-state index >= 15 is 0 Å². The molecule has 1 rings (SSSR count). The molecule has 0 aliphatic heterocycles. The molecule has 0 unspecified atom stereocenters. The van der Waals surface area contributed by atoms with Crippen molar-refractivity contribution in [2.24, 2.45) is 0 Å². The minimum atomic E-state index is -0.648. The third-order valence-electron chi connectivity index (χ3n) is 2.25. The number of hydrogen-bond acceptors (Lipinski definition) is 5. The van der Waals surface area contributed by atoms with Crippen LogP contribution in [-0.2, 0) is 9.53 Å². The molecule has 1 aromatic carbocycles. The molecule has 18 heavy (non-hydrogen) atoms. The summed E-state index contributed by atoms with van der Waals surface area (Å²) >= 11 is 0. The Morgan fingerprint density at radius 1 is 1.33 bits per heavy atom. The van der Waals surface area contributed by atoms with Crippen molar-refractivity contribution in [1.29, 1.82) is 0 Å². The number of nitro groups is 1. The van der Waals surface area contributed by atoms with Crippen LogP contribution in [0.5, 0.6) is 0 Å². The van der Waals surface area contributed by atoms with Gasteiger partial charge >= 0.3 is 5.97 Å². The molecular formula is C12H11NO5. The minimum absolute atomic E-state index is 0.0425. The number of carbonyl (C=O) groups is 2. The molecule has 0 spiro atoms. The molecule has 0 N–H and O–H groups in total. The molecule has 0 amide bonds. The molecule has 94 valence electrons. The van der Waals surface area contributed by atoms with E-state index < -0.39 is 10.9 Å². The van der Waals surface area contributed by atoms with Gasteiger partial charge in [-0.3, -0.25) is 14.9 Å². The number of Topliss-reactive ketones (excluding diaryl/α,β-unsaturated/α-hetero) is 1. The molecule has 0 aliphatic carbocycles. The molecule has 0 atom stereocenters. The van der Waals surface area contributed by atoms with E-state index in [-0.39, 0.29) is 29.0 Å². The highest BCUT2D eigenvalue weighted by atomic mass is 16.6. The lowest BCUT2D eigenvalue weighted by Crippen LogP contribution is -2.09. The Morgan fingerprint density at radius 2 is 1.89 bits per heavy atom. The fraction of sp³-hybridized carbons (Fsp3) is 0.167. The summed E-state index contributed by atoms with van der Waals surface area (Å²) in [5.74, 6) is -0.995. The van der Waals surface area contributed by atoms with Gasteiger partial charge in [-0.1, -0.05) is 6.58 Å². The van der Waals surface area contributed by atoms with Crippen molar-refractivity contribution in [2.75, 3.05) is 7.11 Å². The van der Waals surface area contributed by atoms with Gasteiger partial charge < -0.3 is 4.74 Å². The number of carbonyl (C=O) groups excluding carboxylic acids is 2. The lowest BCUT2D eigenvalue weighted by molar-refractivity contribution is -0.384. The van der Waals surface area contributed by atoms with Crippen LogP contribution in [0.3, 0.4) is 0 Å². The summed E-state index contributed by atoms with van der Waals surface area (Å²) in [6.07, 6.45) is -0.176. The number of esters is 1. The van der Waals surface area contributed by atoms with E-state index in [9.17, 15) is 19.7 Å². The monoisotopic (exact) mass is 249 g/mol. The largest absolute Gasteiger partial charge is 0.466 e. The minimum Gasteiger partial charge on any atom is -0.466 e. The Hall–Kier alpha value is -2.50. The molecule has 1 aromatic rings. The molecule has 0 saturated heterocycles. The number of nitro benzene ring substituents is 1. The fourth-order valence-corrected chi connectivity index (χ4v) is 1.28. The first-order valence-electron chi connectivity index (χ1n) is 4.99. The molecule has 0 saturated carbocycles. The van der Waals surface area contributed by atoms with Crippen molar-refractivity contribution in [2.45, 2.75) is 6.42 Å². The van der Waals surface area contributed by atoms with E-state index in [1.54, 1.807) is 0 Å². The van der Waals surface area contributed by atoms with E-state index in [0.29, 0.717) is 0 Å². The fourth-order valence-electron chi connectivity index (χ4n) is 1.28. The molecule has 6 heteroatoms. The Bertz CT molecular complexity index is 504. The number of rotatable bonds is 5. The van der Waals surface area contributed by atoms with Gasteiger partial charge in [-0.15, -0.1) is 0 Å². The lowest BCUT2D eigenvalue weighted by atomic mass is 10.0. The highest BCUT2D eigenvalue weighted by molar-refractivity contribution is 6.03. The van der Waals surface area contributed by atoms with Crippen LogP contribution < -0.4 is 0 Å². The van der Waals surface area contributed by atoms with Gasteiger partial charge in [0.15, 0.2) is 5.78 Å². The number of non-ortho nitro benzene ring substituents is 1. The highest BCUT2D eigenvalue weighted by Gasteiger charge is 2.14. The normalized spacial score (nSPS) is 9.61. The van der Waals surface area contributed by atoms with Crippen LogP contribution >= 0.6 is 0 Å². The standard InChI is InChI=1S/C12H11NO5/c1-8(12(15)18-2)7-11(14)9-3-5-10(6-4-9)13(16)17/h3-6H,1,7H2,2H3. The molecule has 0 aromatic heterocycles. The zero-order chi connectivity index (χ0) is 13.7. The predicted octanol–water partition coefficient (Wildman–Crippen LogP) is 1.90. The highest BCUT2D eigenvalue weighted by Crippen LogP contribution is 2.15. The second-order valence-corrected chi connectivity index (χ2v) is 3.50. The topological polar surface area (TPSA) is 86.5 Å². The number of benzene rings is 1. The summed E-state index contributed by atoms with van der Waals surface area (Å²) in [4.78, 5) is 32.7. The van der Waals surface area contributed by atoms with Crippen LogP contribution in [0.1, 0.15) is 16.8 Å². The van der Waals surface area contributed by atoms with Gasteiger partial charge in [-0.25, -0.2) is 4.79 Å². The van der Waals surface area contributed by atoms with Gasteiger partial charge in [-0.2, -0.15) is 0 Å². The summed E-state index contributed by atoms with van der Waals surface area (Å²) in [5, 5.41) is 10.4. The van der Waals surface area contributed by atoms with Crippen molar-refractivity contribution in [1.82, 2.24) is 0 Å². The van der Waals surface area contributed by atoms with Crippen LogP contribution in [0.4, 0.5) is 5.69 Å². The van der Waals surface area contributed by atoms with Crippen molar-refractivity contribution in [3.8, 4) is 0 Å². The molecule has 6 nitrogen and oxygen atoms in total. The first kappa shape index (κ1) is 13.6. The summed E-state index contributed by atoms with van der Waals surface area (Å²) < 4.78 is 4.42. The third kappa shape index (κ3) is 3.24. The van der Waals surface area contributed by atoms with Gasteiger partial charge in [0.05, 0.1) is 12.0 Å². The number of hydrogen-bond donors (Lipinski definition) is 0. The van der Waals surface area contributed by atoms with Crippen molar-refractivity contribution >= 4 is 17.4 Å². The Balaban J connectivity index is 2.76. The second-order valence-electron chi connectivity index (χ2n) is 3.50. The van der Waals surface area contributed by atoms with E-state index in [0.717, 1.165) is 0 Å². The van der Waals surface area contributed by atoms with Crippen LogP contribution in [0, 0.1) is 10.1 Å². The zero-order valence-electron chi connectivity index (χ0n) is 9.71. The molecule has 0 radical (unpaired) electrons. The summed E-state index contributed by atoms with van der Waals surface area (Å²) in [6.45, 7) is 3.43. The van der Waals surface area contributed by atoms with Gasteiger partial charge in [0, 0.05) is 29.7 Å². The number of nitrogens with zero attached hydrogens (tertiary/aromatic N) is 1. The van der Waals surface area contributed by atoms with Crippen LogP contribution in [-0.4, -0.2) is 23.8 Å². The molecule has 0 heterocycles. The predicted molar refractivity (Wildman–Crippen MR) is 63.2 cm³/mol. The average Bonchev–Trinajstić information content (AvgIpc) is 2.37. The number of ether oxygens (including phenoxy) is 1. The number of methoxy groups -OCH3 is 1. The SMILES string of the molecule is C=C(CC(=O)c1ccc([N+](=O)[O-])cc1)C(=O)OC. The lowest BCUT2D eigenvalue weighted by Gasteiger charge is -2.03. The number of ketones is 1. The van der Waals surface area contributed by atoms with Gasteiger partial charge in [0.25, 0.3) is 5.69 Å². The summed E-state index contributed by atoms with van der Waals surface area (Å²) in [7, 11) is 1.20. The first-order valence-corrected chi connectivity index (χ1v) is 4.99. The molecule has 0 fully saturated rings. The van der Waals surface area contributed by atoms with Gasteiger partial charge in [0.2, 0.25) is 0 Å². The Kier molecular flexibility index (Phi) is 4.31. The summed E-state index contributed by atoms with van der Waals surface area (Å²) in [5.41, 5.74) is 0.227. The van der Waals surface area contributed by atoms with Crippen molar-refractivity contribution in [3.63, 3.8) is 0 Å². The maximum absolute atomic E-state index is 11.7. The zero-order valence-corrected chi connectivity index (χ0v) is 9.71. The van der Waals surface area contributed by atoms with Crippen LogP contribution in [0.2, 0.25) is 0 Å². The Labute approximate surface area is 103 Å². The van der Waals surface area contributed by atoms with Crippen molar-refractivity contribution in [3.05, 3.63) is 52.1 Å². The molecular weight excluding hydrogens is 238 g/mol. The third-order valence-corrected chi connectivity index (χ3v) is 2.25. The average molecular weight is 249 g/mol. The van der Waals surface area contributed by atoms with Crippen LogP contribution in [0.25, 0.3) is 0 Å². The Morgan fingerprint density at radius 3 is 2.33 bits per heavy atom. The van der Waals surface area contributed by atoms with E-state index in [1.807, 2.05) is 0 Å². The van der Waals surface area contributed by atoms with Crippen LogP contribution in [0.15, 0.2) is 36.4 Å². The second kappa shape index (κ2) is 5.72. The van der Waals surface area contributed by atoms with Crippen molar-refractivity contribution < 1.29 is 19.2 Å². The van der Waals surface area contributed by atoms with Gasteiger partial charge in [0.1, 0.15) is 0 Å². The first-order chi connectivity index (χ1) is 8.45. The van der Waals surface area contributed by atoms with E-state index in [1.165, 1.54) is 31.4 Å². The van der Waals surface area contributed by atoms with Gasteiger partial charge in [-0.05, 0) is 12.1 Å². The molecule has 0 aliphatic rings. The van der Waals surface area contributed by atoms with E-state index in [2.05, 4.69) is 11.3 Å². The maximum atomic E-state index is 11.7. The summed E-state index contributed by atoms with van der Waals surface area (Å²) in [6, 6.07) is 5.14. The maximum Gasteiger partial charge on any atom is 0.333 e. The molecule has 0 bridgehead atoms. The van der Waals surface area contributed by atoms with E-state index in [4.69, 9.17) is 0 Å².